The molecule has 2 fully saturated rings. The molecule has 2 atom stereocenters. The summed E-state index contributed by atoms with van der Waals surface area (Å²) in [5.41, 5.74) is -0.419. The standard InChI is InChI=1S/C17H26N2O3/c1-5-11-6-7-12(21-11)8-18-15-13-9-19(10-14(13)15)16(20)22-17(2,3)4/h6-7,13-15,18H,5,8-10H2,1-4H3. The van der Waals surface area contributed by atoms with Crippen molar-refractivity contribution in [1.29, 1.82) is 0 Å². The minimum Gasteiger partial charge on any atom is -0.465 e. The molecule has 2 unspecified atom stereocenters. The number of hydrogen-bond acceptors (Lipinski definition) is 4. The second-order valence-corrected chi connectivity index (χ2v) is 7.34. The molecule has 1 aliphatic heterocycles. The first kappa shape index (κ1) is 15.4. The maximum Gasteiger partial charge on any atom is 0.410 e. The lowest BCUT2D eigenvalue weighted by atomic mass is 10.2. The summed E-state index contributed by atoms with van der Waals surface area (Å²) in [4.78, 5) is 13.9. The predicted molar refractivity (Wildman–Crippen MR) is 83.5 cm³/mol. The summed E-state index contributed by atoms with van der Waals surface area (Å²) in [6.45, 7) is 10.2. The van der Waals surface area contributed by atoms with Gasteiger partial charge in [0.15, 0.2) is 0 Å². The summed E-state index contributed by atoms with van der Waals surface area (Å²) in [5.74, 6) is 3.15. The van der Waals surface area contributed by atoms with Gasteiger partial charge < -0.3 is 19.4 Å². The molecule has 2 aliphatic rings. The molecule has 1 aliphatic carbocycles. The topological polar surface area (TPSA) is 54.7 Å². The van der Waals surface area contributed by atoms with Gasteiger partial charge in [0.2, 0.25) is 0 Å². The molecule has 1 amide bonds. The van der Waals surface area contributed by atoms with E-state index in [1.165, 1.54) is 0 Å². The molecule has 1 saturated heterocycles. The molecule has 122 valence electrons. The SMILES string of the molecule is CCc1ccc(CNC2C3CN(C(=O)OC(C)(C)C)CC32)o1. The van der Waals surface area contributed by atoms with E-state index in [0.717, 1.165) is 37.6 Å². The number of nitrogens with one attached hydrogen (secondary N) is 1. The Morgan fingerprint density at radius 2 is 1.95 bits per heavy atom. The van der Waals surface area contributed by atoms with Crippen LogP contribution in [0, 0.1) is 11.8 Å². The zero-order valence-corrected chi connectivity index (χ0v) is 13.9. The number of nitrogens with zero attached hydrogens (tertiary/aromatic N) is 1. The molecule has 2 heterocycles. The Hall–Kier alpha value is -1.49. The minimum atomic E-state index is -0.419. The zero-order chi connectivity index (χ0) is 15.9. The zero-order valence-electron chi connectivity index (χ0n) is 13.9. The third kappa shape index (κ3) is 3.29. The fourth-order valence-corrected chi connectivity index (χ4v) is 3.23. The van der Waals surface area contributed by atoms with Crippen molar-refractivity contribution in [2.45, 2.75) is 52.3 Å². The second kappa shape index (κ2) is 5.61. The smallest absolute Gasteiger partial charge is 0.410 e. The van der Waals surface area contributed by atoms with Crippen LogP contribution in [0.5, 0.6) is 0 Å². The normalized spacial score (nSPS) is 26.9. The van der Waals surface area contributed by atoms with E-state index in [-0.39, 0.29) is 6.09 Å². The summed E-state index contributed by atoms with van der Waals surface area (Å²) in [7, 11) is 0. The minimum absolute atomic E-state index is 0.183. The number of aryl methyl sites for hydroxylation is 1. The number of piperidine rings is 1. The van der Waals surface area contributed by atoms with Crippen LogP contribution < -0.4 is 5.32 Å². The van der Waals surface area contributed by atoms with Gasteiger partial charge in [0.05, 0.1) is 6.54 Å². The van der Waals surface area contributed by atoms with E-state index >= 15 is 0 Å². The van der Waals surface area contributed by atoms with E-state index in [1.807, 2.05) is 37.8 Å². The van der Waals surface area contributed by atoms with Gasteiger partial charge in [-0.3, -0.25) is 0 Å². The third-order valence-electron chi connectivity index (χ3n) is 4.42. The molecule has 22 heavy (non-hydrogen) atoms. The quantitative estimate of drug-likeness (QED) is 0.929. The molecule has 3 rings (SSSR count). The van der Waals surface area contributed by atoms with Gasteiger partial charge >= 0.3 is 6.09 Å². The first-order chi connectivity index (χ1) is 10.4. The molecule has 5 heteroatoms. The van der Waals surface area contributed by atoms with Gasteiger partial charge in [-0.25, -0.2) is 4.79 Å². The van der Waals surface area contributed by atoms with E-state index in [1.54, 1.807) is 0 Å². The number of hydrogen-bond donors (Lipinski definition) is 1. The Morgan fingerprint density at radius 3 is 2.50 bits per heavy atom. The number of rotatable bonds is 4. The van der Waals surface area contributed by atoms with Crippen LogP contribution in [0.3, 0.4) is 0 Å². The van der Waals surface area contributed by atoms with Crippen molar-refractivity contribution >= 4 is 6.09 Å². The van der Waals surface area contributed by atoms with Crippen molar-refractivity contribution < 1.29 is 13.9 Å². The van der Waals surface area contributed by atoms with Crippen molar-refractivity contribution in [3.05, 3.63) is 23.7 Å². The number of ether oxygens (including phenoxy) is 1. The number of furan rings is 1. The van der Waals surface area contributed by atoms with Crippen LogP contribution in [0.4, 0.5) is 4.79 Å². The lowest BCUT2D eigenvalue weighted by Gasteiger charge is -2.26. The summed E-state index contributed by atoms with van der Waals surface area (Å²) < 4.78 is 11.1. The van der Waals surface area contributed by atoms with Crippen LogP contribution >= 0.6 is 0 Å². The maximum absolute atomic E-state index is 12.0. The van der Waals surface area contributed by atoms with Crippen LogP contribution in [0.25, 0.3) is 0 Å². The van der Waals surface area contributed by atoms with E-state index in [9.17, 15) is 4.79 Å². The van der Waals surface area contributed by atoms with Crippen molar-refractivity contribution in [2.24, 2.45) is 11.8 Å². The number of amides is 1. The fraction of sp³-hybridized carbons (Fsp3) is 0.706. The van der Waals surface area contributed by atoms with E-state index < -0.39 is 5.60 Å². The lowest BCUT2D eigenvalue weighted by Crippen LogP contribution is -2.39. The second-order valence-electron chi connectivity index (χ2n) is 7.34. The summed E-state index contributed by atoms with van der Waals surface area (Å²) in [6, 6.07) is 4.58. The average Bonchev–Trinajstić information content (AvgIpc) is 2.86. The van der Waals surface area contributed by atoms with Crippen LogP contribution in [0.2, 0.25) is 0 Å². The summed E-state index contributed by atoms with van der Waals surface area (Å²) >= 11 is 0. The fourth-order valence-electron chi connectivity index (χ4n) is 3.23. The number of fused-ring (bicyclic) bond motifs is 1. The van der Waals surface area contributed by atoms with Gasteiger partial charge in [0.25, 0.3) is 0 Å². The molecule has 0 bridgehead atoms. The van der Waals surface area contributed by atoms with Crippen LogP contribution in [-0.2, 0) is 17.7 Å². The molecular weight excluding hydrogens is 280 g/mol. The van der Waals surface area contributed by atoms with Gasteiger partial charge in [0, 0.05) is 25.6 Å². The van der Waals surface area contributed by atoms with Crippen LogP contribution in [-0.4, -0.2) is 35.7 Å². The molecule has 1 aromatic rings. The third-order valence-corrected chi connectivity index (χ3v) is 4.42. The van der Waals surface area contributed by atoms with Gasteiger partial charge in [-0.2, -0.15) is 0 Å². The van der Waals surface area contributed by atoms with Crippen molar-refractivity contribution in [3.63, 3.8) is 0 Å². The van der Waals surface area contributed by atoms with Gasteiger partial charge in [0.1, 0.15) is 17.1 Å². The number of carbonyl (C=O) groups is 1. The largest absolute Gasteiger partial charge is 0.465 e. The van der Waals surface area contributed by atoms with E-state index in [0.29, 0.717) is 17.9 Å². The Bertz CT molecular complexity index is 534. The van der Waals surface area contributed by atoms with E-state index in [2.05, 4.69) is 12.2 Å². The van der Waals surface area contributed by atoms with Crippen LogP contribution in [0.1, 0.15) is 39.2 Å². The number of likely N-dealkylation sites (tertiary alicyclic amines) is 1. The molecule has 0 spiro atoms. The lowest BCUT2D eigenvalue weighted by molar-refractivity contribution is 0.0269. The highest BCUT2D eigenvalue weighted by atomic mass is 16.6. The molecule has 1 N–H and O–H groups in total. The summed E-state index contributed by atoms with van der Waals surface area (Å²) in [6.07, 6.45) is 0.747. The maximum atomic E-state index is 12.0. The Balaban J connectivity index is 1.42. The van der Waals surface area contributed by atoms with Gasteiger partial charge in [-0.15, -0.1) is 0 Å². The molecule has 0 aromatic carbocycles. The van der Waals surface area contributed by atoms with Crippen molar-refractivity contribution in [2.75, 3.05) is 13.1 Å². The first-order valence-corrected chi connectivity index (χ1v) is 8.16. The highest BCUT2D eigenvalue weighted by molar-refractivity contribution is 5.69. The Labute approximate surface area is 132 Å². The Kier molecular flexibility index (Phi) is 3.93. The monoisotopic (exact) mass is 306 g/mol. The molecule has 0 radical (unpaired) electrons. The van der Waals surface area contributed by atoms with E-state index in [4.69, 9.17) is 9.15 Å². The van der Waals surface area contributed by atoms with Gasteiger partial charge in [-0.05, 0) is 44.7 Å². The van der Waals surface area contributed by atoms with Crippen LogP contribution in [0.15, 0.2) is 16.5 Å². The highest BCUT2D eigenvalue weighted by Crippen LogP contribution is 2.45. The van der Waals surface area contributed by atoms with Crippen molar-refractivity contribution in [1.82, 2.24) is 10.2 Å². The molecule has 1 saturated carbocycles. The average molecular weight is 306 g/mol. The molecule has 1 aromatic heterocycles. The summed E-state index contributed by atoms with van der Waals surface area (Å²) in [5, 5.41) is 3.55. The van der Waals surface area contributed by atoms with Crippen molar-refractivity contribution in [3.8, 4) is 0 Å². The van der Waals surface area contributed by atoms with Gasteiger partial charge in [-0.1, -0.05) is 6.92 Å². The predicted octanol–water partition coefficient (Wildman–Crippen LogP) is 2.80. The Morgan fingerprint density at radius 1 is 1.32 bits per heavy atom. The first-order valence-electron chi connectivity index (χ1n) is 8.16. The molecule has 5 nitrogen and oxygen atoms in total. The highest BCUT2D eigenvalue weighted by Gasteiger charge is 2.56. The molecular formula is C17H26N2O3. The number of carbonyl (C=O) groups excluding carboxylic acids is 1.